The van der Waals surface area contributed by atoms with Crippen molar-refractivity contribution in [3.8, 4) is 11.4 Å². The second kappa shape index (κ2) is 5.12. The molecular weight excluding hydrogens is 297 g/mol. The van der Waals surface area contributed by atoms with Gasteiger partial charge in [-0.05, 0) is 48.0 Å². The van der Waals surface area contributed by atoms with E-state index in [-0.39, 0.29) is 11.9 Å². The number of aryl methyl sites for hydroxylation is 1. The van der Waals surface area contributed by atoms with Crippen molar-refractivity contribution < 1.29 is 4.39 Å². The lowest BCUT2D eigenvalue weighted by molar-refractivity contribution is 0.621. The molecule has 2 N–H and O–H groups in total. The van der Waals surface area contributed by atoms with Crippen LogP contribution in [0.15, 0.2) is 28.9 Å². The number of hydrogen-bond acceptors (Lipinski definition) is 3. The number of nitrogens with two attached hydrogens (primary N) is 1. The fraction of sp³-hybridized carbons (Fsp3) is 0.231. The maximum absolute atomic E-state index is 13.2. The maximum atomic E-state index is 13.2. The first-order valence-corrected chi connectivity index (χ1v) is 6.33. The van der Waals surface area contributed by atoms with E-state index in [0.717, 1.165) is 16.8 Å². The molecule has 5 heteroatoms. The van der Waals surface area contributed by atoms with Crippen LogP contribution in [0, 0.1) is 12.7 Å². The Kier molecular flexibility index (Phi) is 3.73. The van der Waals surface area contributed by atoms with Gasteiger partial charge in [0.05, 0.1) is 4.47 Å². The van der Waals surface area contributed by atoms with E-state index in [4.69, 9.17) is 5.73 Å². The van der Waals surface area contributed by atoms with Crippen molar-refractivity contribution >= 4 is 15.9 Å². The second-order valence-electron chi connectivity index (χ2n) is 4.15. The molecule has 0 aliphatic carbocycles. The number of rotatable bonds is 2. The van der Waals surface area contributed by atoms with Gasteiger partial charge in [0.2, 0.25) is 0 Å². The van der Waals surface area contributed by atoms with Crippen LogP contribution in [-0.2, 0) is 0 Å². The van der Waals surface area contributed by atoms with Crippen LogP contribution in [0.1, 0.15) is 24.2 Å². The zero-order valence-corrected chi connectivity index (χ0v) is 11.7. The van der Waals surface area contributed by atoms with Crippen LogP contribution in [0.3, 0.4) is 0 Å². The summed E-state index contributed by atoms with van der Waals surface area (Å²) in [6, 6.07) is 4.60. The van der Waals surface area contributed by atoms with Crippen LogP contribution in [0.25, 0.3) is 11.4 Å². The molecule has 1 aromatic heterocycles. The van der Waals surface area contributed by atoms with Crippen molar-refractivity contribution in [3.63, 3.8) is 0 Å². The third-order valence-electron chi connectivity index (χ3n) is 2.69. The van der Waals surface area contributed by atoms with E-state index in [0.29, 0.717) is 10.3 Å². The molecule has 18 heavy (non-hydrogen) atoms. The van der Waals surface area contributed by atoms with Gasteiger partial charge >= 0.3 is 0 Å². The van der Waals surface area contributed by atoms with Gasteiger partial charge in [0.1, 0.15) is 5.82 Å². The van der Waals surface area contributed by atoms with Crippen molar-refractivity contribution in [2.24, 2.45) is 5.73 Å². The summed E-state index contributed by atoms with van der Waals surface area (Å²) in [7, 11) is 0. The number of hydrogen-bond donors (Lipinski definition) is 1. The molecule has 2 aromatic rings. The largest absolute Gasteiger partial charge is 0.324 e. The van der Waals surface area contributed by atoms with E-state index >= 15 is 0 Å². The Labute approximate surface area is 113 Å². The zero-order chi connectivity index (χ0) is 13.3. The van der Waals surface area contributed by atoms with E-state index in [1.54, 1.807) is 18.3 Å². The average molecular weight is 310 g/mol. The van der Waals surface area contributed by atoms with Crippen LogP contribution >= 0.6 is 15.9 Å². The highest BCUT2D eigenvalue weighted by Gasteiger charge is 2.09. The van der Waals surface area contributed by atoms with Crippen molar-refractivity contribution in [1.82, 2.24) is 9.97 Å². The monoisotopic (exact) mass is 309 g/mol. The van der Waals surface area contributed by atoms with E-state index in [1.807, 2.05) is 13.8 Å². The SMILES string of the molecule is Cc1nc(-c2ccc(F)c(Br)c2)ncc1[C@H](C)N. The molecule has 94 valence electrons. The lowest BCUT2D eigenvalue weighted by Gasteiger charge is -2.10. The van der Waals surface area contributed by atoms with E-state index in [2.05, 4.69) is 25.9 Å². The van der Waals surface area contributed by atoms with E-state index < -0.39 is 0 Å². The predicted molar refractivity (Wildman–Crippen MR) is 72.5 cm³/mol. The predicted octanol–water partition coefficient (Wildman–Crippen LogP) is 3.37. The highest BCUT2D eigenvalue weighted by atomic mass is 79.9. The molecule has 1 aromatic carbocycles. The van der Waals surface area contributed by atoms with Gasteiger partial charge in [0, 0.05) is 29.1 Å². The molecule has 0 spiro atoms. The first-order chi connectivity index (χ1) is 8.49. The first kappa shape index (κ1) is 13.1. The molecule has 2 rings (SSSR count). The Morgan fingerprint density at radius 1 is 1.39 bits per heavy atom. The van der Waals surface area contributed by atoms with Gasteiger partial charge in [0.15, 0.2) is 5.82 Å². The van der Waals surface area contributed by atoms with Crippen LogP contribution in [0.4, 0.5) is 4.39 Å². The zero-order valence-electron chi connectivity index (χ0n) is 10.1. The molecule has 0 aliphatic rings. The average Bonchev–Trinajstić information content (AvgIpc) is 2.32. The maximum Gasteiger partial charge on any atom is 0.159 e. The molecule has 3 nitrogen and oxygen atoms in total. The summed E-state index contributed by atoms with van der Waals surface area (Å²) in [6.45, 7) is 3.78. The van der Waals surface area contributed by atoms with Crippen LogP contribution in [-0.4, -0.2) is 9.97 Å². The highest BCUT2D eigenvalue weighted by molar-refractivity contribution is 9.10. The smallest absolute Gasteiger partial charge is 0.159 e. The van der Waals surface area contributed by atoms with Crippen molar-refractivity contribution in [3.05, 3.63) is 45.9 Å². The van der Waals surface area contributed by atoms with Gasteiger partial charge in [-0.1, -0.05) is 0 Å². The third kappa shape index (κ3) is 2.57. The number of nitrogens with zero attached hydrogens (tertiary/aromatic N) is 2. The van der Waals surface area contributed by atoms with Crippen molar-refractivity contribution in [2.45, 2.75) is 19.9 Å². The van der Waals surface area contributed by atoms with Crippen molar-refractivity contribution in [2.75, 3.05) is 0 Å². The fourth-order valence-electron chi connectivity index (χ4n) is 1.70. The summed E-state index contributed by atoms with van der Waals surface area (Å²) in [6.07, 6.45) is 1.72. The quantitative estimate of drug-likeness (QED) is 0.925. The molecule has 0 radical (unpaired) electrons. The number of aromatic nitrogens is 2. The van der Waals surface area contributed by atoms with Gasteiger partial charge in [0.25, 0.3) is 0 Å². The van der Waals surface area contributed by atoms with Gasteiger partial charge in [-0.2, -0.15) is 0 Å². The summed E-state index contributed by atoms with van der Waals surface area (Å²) < 4.78 is 13.6. The minimum absolute atomic E-state index is 0.0981. The fourth-order valence-corrected chi connectivity index (χ4v) is 2.08. The van der Waals surface area contributed by atoms with Crippen LogP contribution in [0.5, 0.6) is 0 Å². The molecule has 0 bridgehead atoms. The van der Waals surface area contributed by atoms with Crippen molar-refractivity contribution in [1.29, 1.82) is 0 Å². The van der Waals surface area contributed by atoms with Gasteiger partial charge in [-0.3, -0.25) is 0 Å². The molecule has 0 aliphatic heterocycles. The van der Waals surface area contributed by atoms with Crippen LogP contribution in [0.2, 0.25) is 0 Å². The Morgan fingerprint density at radius 2 is 2.11 bits per heavy atom. The third-order valence-corrected chi connectivity index (χ3v) is 3.29. The minimum Gasteiger partial charge on any atom is -0.324 e. The molecule has 1 atom stereocenters. The summed E-state index contributed by atoms with van der Waals surface area (Å²) >= 11 is 3.15. The Balaban J connectivity index is 2.45. The number of halogens is 2. The summed E-state index contributed by atoms with van der Waals surface area (Å²) in [5.41, 5.74) is 8.34. The Bertz CT molecular complexity index is 584. The molecule has 0 unspecified atom stereocenters. The van der Waals surface area contributed by atoms with Gasteiger partial charge in [-0.15, -0.1) is 0 Å². The molecular formula is C13H13BrFN3. The molecule has 0 saturated heterocycles. The van der Waals surface area contributed by atoms with Crippen LogP contribution < -0.4 is 5.73 Å². The highest BCUT2D eigenvalue weighted by Crippen LogP contribution is 2.24. The first-order valence-electron chi connectivity index (χ1n) is 5.53. The number of benzene rings is 1. The minimum atomic E-state index is -0.303. The van der Waals surface area contributed by atoms with Gasteiger partial charge < -0.3 is 5.73 Å². The Hall–Kier alpha value is -1.33. The molecule has 0 fully saturated rings. The van der Waals surface area contributed by atoms with E-state index in [1.165, 1.54) is 6.07 Å². The molecule has 0 saturated carbocycles. The lowest BCUT2D eigenvalue weighted by atomic mass is 10.1. The Morgan fingerprint density at radius 3 is 2.67 bits per heavy atom. The summed E-state index contributed by atoms with van der Waals surface area (Å²) in [4.78, 5) is 8.67. The summed E-state index contributed by atoms with van der Waals surface area (Å²) in [5.74, 6) is 0.264. The van der Waals surface area contributed by atoms with E-state index in [9.17, 15) is 4.39 Å². The lowest BCUT2D eigenvalue weighted by Crippen LogP contribution is -2.09. The topological polar surface area (TPSA) is 51.8 Å². The molecule has 1 heterocycles. The standard InChI is InChI=1S/C13H13BrFN3/c1-7(16)10-6-17-13(18-8(10)2)9-3-4-12(15)11(14)5-9/h3-7H,16H2,1-2H3/t7-/m0/s1. The second-order valence-corrected chi connectivity index (χ2v) is 5.01. The molecule has 0 amide bonds. The summed E-state index contributed by atoms with van der Waals surface area (Å²) in [5, 5.41) is 0. The van der Waals surface area contributed by atoms with Gasteiger partial charge in [-0.25, -0.2) is 14.4 Å². The normalized spacial score (nSPS) is 12.5.